The first kappa shape index (κ1) is 16.2. The van der Waals surface area contributed by atoms with Gasteiger partial charge in [-0.15, -0.1) is 11.3 Å². The van der Waals surface area contributed by atoms with Crippen molar-refractivity contribution in [1.29, 1.82) is 0 Å². The molecular formula is C15H19N3O3S. The first-order valence-corrected chi connectivity index (χ1v) is 7.93. The predicted octanol–water partition coefficient (Wildman–Crippen LogP) is 2.49. The van der Waals surface area contributed by atoms with Gasteiger partial charge in [0.2, 0.25) is 0 Å². The highest BCUT2D eigenvalue weighted by molar-refractivity contribution is 7.12. The third-order valence-electron chi connectivity index (χ3n) is 3.54. The normalized spacial score (nSPS) is 10.7. The zero-order valence-corrected chi connectivity index (χ0v) is 13.7. The summed E-state index contributed by atoms with van der Waals surface area (Å²) in [4.78, 5) is 29.2. The van der Waals surface area contributed by atoms with Crippen molar-refractivity contribution in [2.75, 3.05) is 13.1 Å². The summed E-state index contributed by atoms with van der Waals surface area (Å²) >= 11 is 1.51. The van der Waals surface area contributed by atoms with Gasteiger partial charge in [0.25, 0.3) is 5.91 Å². The second kappa shape index (κ2) is 6.74. The molecule has 0 saturated carbocycles. The van der Waals surface area contributed by atoms with Crippen molar-refractivity contribution < 1.29 is 14.7 Å². The van der Waals surface area contributed by atoms with Crippen molar-refractivity contribution in [3.63, 3.8) is 0 Å². The molecule has 2 rings (SSSR count). The standard InChI is InChI=1S/C15H19N3O3S/c1-4-17(7-5-13(19)20)14(21)12-9-10(2)18(11(12)3)15-16-6-8-22-15/h6,8-9H,4-5,7H2,1-3H3,(H,19,20). The fourth-order valence-electron chi connectivity index (χ4n) is 2.40. The van der Waals surface area contributed by atoms with Crippen molar-refractivity contribution in [2.24, 2.45) is 0 Å². The van der Waals surface area contributed by atoms with Crippen LogP contribution in [0.25, 0.3) is 5.13 Å². The quantitative estimate of drug-likeness (QED) is 0.887. The molecule has 1 N–H and O–H groups in total. The summed E-state index contributed by atoms with van der Waals surface area (Å²) in [6.45, 7) is 6.35. The Morgan fingerprint density at radius 3 is 2.68 bits per heavy atom. The molecule has 0 unspecified atom stereocenters. The molecule has 2 aromatic heterocycles. The van der Waals surface area contributed by atoms with Crippen molar-refractivity contribution in [3.8, 4) is 5.13 Å². The maximum Gasteiger partial charge on any atom is 0.305 e. The second-order valence-electron chi connectivity index (χ2n) is 4.96. The predicted molar refractivity (Wildman–Crippen MR) is 84.7 cm³/mol. The Bertz CT molecular complexity index is 677. The third-order valence-corrected chi connectivity index (χ3v) is 4.29. The lowest BCUT2D eigenvalue weighted by Gasteiger charge is -2.20. The van der Waals surface area contributed by atoms with Gasteiger partial charge in [0.15, 0.2) is 5.13 Å². The Kier molecular flexibility index (Phi) is 4.97. The molecule has 2 heterocycles. The minimum absolute atomic E-state index is 0.0508. The zero-order valence-electron chi connectivity index (χ0n) is 12.9. The summed E-state index contributed by atoms with van der Waals surface area (Å²) in [6.07, 6.45) is 1.68. The lowest BCUT2D eigenvalue weighted by atomic mass is 10.2. The van der Waals surface area contributed by atoms with Crippen molar-refractivity contribution in [2.45, 2.75) is 27.2 Å². The number of amides is 1. The molecular weight excluding hydrogens is 302 g/mol. The number of thiazole rings is 1. The SMILES string of the molecule is CCN(CCC(=O)O)C(=O)c1cc(C)n(-c2nccs2)c1C. The van der Waals surface area contributed by atoms with Crippen LogP contribution >= 0.6 is 11.3 Å². The van der Waals surface area contributed by atoms with E-state index in [1.807, 2.05) is 36.8 Å². The van der Waals surface area contributed by atoms with Crippen molar-refractivity contribution >= 4 is 23.2 Å². The lowest BCUT2D eigenvalue weighted by Crippen LogP contribution is -2.33. The molecule has 2 aromatic rings. The maximum absolute atomic E-state index is 12.6. The summed E-state index contributed by atoms with van der Waals surface area (Å²) in [5.74, 6) is -1.04. The van der Waals surface area contributed by atoms with E-state index in [-0.39, 0.29) is 18.9 Å². The molecule has 0 spiro atoms. The average molecular weight is 321 g/mol. The van der Waals surface area contributed by atoms with E-state index in [1.54, 1.807) is 11.1 Å². The molecule has 0 radical (unpaired) electrons. The van der Waals surface area contributed by atoms with Crippen LogP contribution in [0.15, 0.2) is 17.6 Å². The van der Waals surface area contributed by atoms with E-state index in [9.17, 15) is 9.59 Å². The Balaban J connectivity index is 2.30. The number of hydrogen-bond donors (Lipinski definition) is 1. The van der Waals surface area contributed by atoms with Crippen LogP contribution in [0.1, 0.15) is 35.1 Å². The van der Waals surface area contributed by atoms with Gasteiger partial charge in [-0.2, -0.15) is 0 Å². The minimum atomic E-state index is -0.903. The highest BCUT2D eigenvalue weighted by Crippen LogP contribution is 2.23. The highest BCUT2D eigenvalue weighted by Gasteiger charge is 2.22. The van der Waals surface area contributed by atoms with Gasteiger partial charge in [0, 0.05) is 36.1 Å². The number of aromatic nitrogens is 2. The van der Waals surface area contributed by atoms with Gasteiger partial charge >= 0.3 is 5.97 Å². The zero-order chi connectivity index (χ0) is 16.3. The van der Waals surface area contributed by atoms with Crippen LogP contribution < -0.4 is 0 Å². The Morgan fingerprint density at radius 1 is 1.41 bits per heavy atom. The molecule has 1 amide bonds. The summed E-state index contributed by atoms with van der Waals surface area (Å²) in [7, 11) is 0. The highest BCUT2D eigenvalue weighted by atomic mass is 32.1. The number of aryl methyl sites for hydroxylation is 1. The van der Waals surface area contributed by atoms with E-state index >= 15 is 0 Å². The molecule has 0 bridgehead atoms. The molecule has 7 heteroatoms. The molecule has 0 fully saturated rings. The van der Waals surface area contributed by atoms with Crippen LogP contribution in [0.5, 0.6) is 0 Å². The molecule has 0 aliphatic carbocycles. The number of carbonyl (C=O) groups excluding carboxylic acids is 1. The summed E-state index contributed by atoms with van der Waals surface area (Å²) in [5, 5.41) is 11.5. The van der Waals surface area contributed by atoms with Crippen molar-refractivity contribution in [3.05, 3.63) is 34.6 Å². The van der Waals surface area contributed by atoms with Crippen LogP contribution in [0.2, 0.25) is 0 Å². The Labute approximate surface area is 133 Å². The summed E-state index contributed by atoms with van der Waals surface area (Å²) in [6, 6.07) is 1.84. The third kappa shape index (κ3) is 3.19. The van der Waals surface area contributed by atoms with Gasteiger partial charge in [-0.3, -0.25) is 14.2 Å². The van der Waals surface area contributed by atoms with Gasteiger partial charge in [-0.25, -0.2) is 4.98 Å². The van der Waals surface area contributed by atoms with Gasteiger partial charge in [0.05, 0.1) is 12.0 Å². The number of carboxylic acids is 1. The molecule has 118 valence electrons. The number of aliphatic carboxylic acids is 1. The number of hydrogen-bond acceptors (Lipinski definition) is 4. The topological polar surface area (TPSA) is 75.4 Å². The van der Waals surface area contributed by atoms with E-state index in [2.05, 4.69) is 4.98 Å². The van der Waals surface area contributed by atoms with Crippen LogP contribution in [0.3, 0.4) is 0 Å². The maximum atomic E-state index is 12.6. The van der Waals surface area contributed by atoms with E-state index in [0.717, 1.165) is 16.5 Å². The molecule has 0 atom stereocenters. The van der Waals surface area contributed by atoms with E-state index in [0.29, 0.717) is 12.1 Å². The molecule has 0 aliphatic heterocycles. The van der Waals surface area contributed by atoms with Crippen molar-refractivity contribution in [1.82, 2.24) is 14.5 Å². The minimum Gasteiger partial charge on any atom is -0.481 e. The molecule has 0 aromatic carbocycles. The Morgan fingerprint density at radius 2 is 2.14 bits per heavy atom. The number of carboxylic acid groups (broad SMARTS) is 1. The summed E-state index contributed by atoms with van der Waals surface area (Å²) < 4.78 is 1.95. The molecule has 22 heavy (non-hydrogen) atoms. The molecule has 0 aliphatic rings. The lowest BCUT2D eigenvalue weighted by molar-refractivity contribution is -0.137. The monoisotopic (exact) mass is 321 g/mol. The smallest absolute Gasteiger partial charge is 0.305 e. The average Bonchev–Trinajstić information content (AvgIpc) is 3.07. The molecule has 0 saturated heterocycles. The number of rotatable bonds is 6. The van der Waals surface area contributed by atoms with E-state index in [4.69, 9.17) is 5.11 Å². The van der Waals surface area contributed by atoms with E-state index in [1.165, 1.54) is 11.3 Å². The first-order valence-electron chi connectivity index (χ1n) is 7.05. The molecule has 6 nitrogen and oxygen atoms in total. The number of carbonyl (C=O) groups is 2. The second-order valence-corrected chi connectivity index (χ2v) is 5.84. The fourth-order valence-corrected chi connectivity index (χ4v) is 3.16. The summed E-state index contributed by atoms with van der Waals surface area (Å²) in [5.41, 5.74) is 2.36. The first-order chi connectivity index (χ1) is 10.5. The van der Waals surface area contributed by atoms with Crippen LogP contribution in [-0.2, 0) is 4.79 Å². The van der Waals surface area contributed by atoms with Gasteiger partial charge in [0.1, 0.15) is 0 Å². The van der Waals surface area contributed by atoms with Gasteiger partial charge in [-0.05, 0) is 26.8 Å². The largest absolute Gasteiger partial charge is 0.481 e. The van der Waals surface area contributed by atoms with Gasteiger partial charge in [-0.1, -0.05) is 0 Å². The van der Waals surface area contributed by atoms with Gasteiger partial charge < -0.3 is 10.0 Å². The van der Waals surface area contributed by atoms with Crippen LogP contribution in [-0.4, -0.2) is 44.5 Å². The van der Waals surface area contributed by atoms with Crippen LogP contribution in [0, 0.1) is 13.8 Å². The fraction of sp³-hybridized carbons (Fsp3) is 0.400. The van der Waals surface area contributed by atoms with Crippen LogP contribution in [0.4, 0.5) is 0 Å². The Hall–Kier alpha value is -2.15. The van der Waals surface area contributed by atoms with E-state index < -0.39 is 5.97 Å². The number of nitrogens with zero attached hydrogens (tertiary/aromatic N) is 3.